The van der Waals surface area contributed by atoms with Gasteiger partial charge in [-0.1, -0.05) is 34.0 Å². The number of amides is 1. The molecule has 2 aromatic heterocycles. The molecule has 7 nitrogen and oxygen atoms in total. The van der Waals surface area contributed by atoms with Gasteiger partial charge in [0.2, 0.25) is 17.6 Å². The van der Waals surface area contributed by atoms with Crippen molar-refractivity contribution in [3.05, 3.63) is 52.2 Å². The summed E-state index contributed by atoms with van der Waals surface area (Å²) in [6, 6.07) is 7.31. The van der Waals surface area contributed by atoms with Gasteiger partial charge in [-0.25, -0.2) is 0 Å². The first kappa shape index (κ1) is 17.7. The quantitative estimate of drug-likeness (QED) is 0.666. The summed E-state index contributed by atoms with van der Waals surface area (Å²) in [4.78, 5) is 18.6. The van der Waals surface area contributed by atoms with Gasteiger partial charge in [-0.15, -0.1) is 0 Å². The molecule has 0 atom stereocenters. The average molecular weight is 387 g/mol. The highest BCUT2D eigenvalue weighted by molar-refractivity contribution is 6.30. The molecule has 3 heterocycles. The minimum Gasteiger partial charge on any atom is -0.361 e. The van der Waals surface area contributed by atoms with Gasteiger partial charge in [0, 0.05) is 35.7 Å². The van der Waals surface area contributed by atoms with E-state index in [0.29, 0.717) is 42.7 Å². The van der Waals surface area contributed by atoms with Crippen molar-refractivity contribution in [3.8, 4) is 11.4 Å². The lowest BCUT2D eigenvalue weighted by molar-refractivity contribution is -0.135. The summed E-state index contributed by atoms with van der Waals surface area (Å²) in [6.07, 6.45) is 1.08. The Morgan fingerprint density at radius 2 is 2.07 bits per heavy atom. The Labute approximate surface area is 161 Å². The third kappa shape index (κ3) is 3.60. The van der Waals surface area contributed by atoms with Gasteiger partial charge in [-0.2, -0.15) is 4.98 Å². The van der Waals surface area contributed by atoms with Gasteiger partial charge < -0.3 is 13.9 Å². The molecule has 0 radical (unpaired) electrons. The van der Waals surface area contributed by atoms with E-state index in [0.717, 1.165) is 22.6 Å². The molecule has 0 saturated carbocycles. The minimum absolute atomic E-state index is 0.0773. The number of hydrogen-bond donors (Lipinski definition) is 0. The van der Waals surface area contributed by atoms with E-state index in [1.165, 1.54) is 0 Å². The molecule has 140 valence electrons. The van der Waals surface area contributed by atoms with Crippen LogP contribution in [0.15, 0.2) is 33.3 Å². The lowest BCUT2D eigenvalue weighted by atomic mass is 9.98. The number of hydrogen-bond acceptors (Lipinski definition) is 6. The zero-order chi connectivity index (χ0) is 19.0. The van der Waals surface area contributed by atoms with Crippen molar-refractivity contribution in [2.75, 3.05) is 13.1 Å². The lowest BCUT2D eigenvalue weighted by Crippen LogP contribution is -2.48. The number of aromatic nitrogens is 3. The Morgan fingerprint density at radius 1 is 1.26 bits per heavy atom. The normalized spacial score (nSPS) is 14.4. The zero-order valence-electron chi connectivity index (χ0n) is 15.1. The number of benzene rings is 1. The predicted molar refractivity (Wildman–Crippen MR) is 98.4 cm³/mol. The molecule has 1 fully saturated rings. The van der Waals surface area contributed by atoms with Gasteiger partial charge in [0.25, 0.3) is 0 Å². The Kier molecular flexibility index (Phi) is 4.70. The maximum Gasteiger partial charge on any atom is 0.233 e. The maximum absolute atomic E-state index is 12.4. The summed E-state index contributed by atoms with van der Waals surface area (Å²) >= 11 is 6.00. The standard InChI is InChI=1S/C19H19ClN4O3/c1-11-16(12(2)26-22-11)6-7-17(25)24-9-14(10-24)19-21-18(23-27-19)13-4-3-5-15(20)8-13/h3-5,8,14H,6-7,9-10H2,1-2H3. The molecule has 1 aromatic carbocycles. The molecule has 1 saturated heterocycles. The summed E-state index contributed by atoms with van der Waals surface area (Å²) in [7, 11) is 0. The van der Waals surface area contributed by atoms with Crippen LogP contribution < -0.4 is 0 Å². The van der Waals surface area contributed by atoms with Crippen LogP contribution in [-0.2, 0) is 11.2 Å². The number of carbonyl (C=O) groups is 1. The smallest absolute Gasteiger partial charge is 0.233 e. The van der Waals surface area contributed by atoms with E-state index in [-0.39, 0.29) is 11.8 Å². The molecule has 3 aromatic rings. The first-order valence-electron chi connectivity index (χ1n) is 8.80. The van der Waals surface area contributed by atoms with Crippen molar-refractivity contribution < 1.29 is 13.8 Å². The largest absolute Gasteiger partial charge is 0.361 e. The highest BCUT2D eigenvalue weighted by atomic mass is 35.5. The fourth-order valence-electron chi connectivity index (χ4n) is 3.23. The number of nitrogens with zero attached hydrogens (tertiary/aromatic N) is 4. The molecule has 1 aliphatic rings. The molecule has 0 bridgehead atoms. The topological polar surface area (TPSA) is 85.3 Å². The molecule has 0 spiro atoms. The Morgan fingerprint density at radius 3 is 2.78 bits per heavy atom. The van der Waals surface area contributed by atoms with Crippen LogP contribution in [-0.4, -0.2) is 39.2 Å². The number of likely N-dealkylation sites (tertiary alicyclic amines) is 1. The van der Waals surface area contributed by atoms with Crippen LogP contribution in [0.3, 0.4) is 0 Å². The van der Waals surface area contributed by atoms with E-state index in [1.807, 2.05) is 30.9 Å². The first-order valence-corrected chi connectivity index (χ1v) is 9.18. The SMILES string of the molecule is Cc1noc(C)c1CCC(=O)N1CC(c2nc(-c3cccc(Cl)c3)no2)C1. The Bertz CT molecular complexity index is 956. The number of halogens is 1. The second-order valence-electron chi connectivity index (χ2n) is 6.76. The molecule has 0 N–H and O–H groups in total. The molecule has 1 amide bonds. The van der Waals surface area contributed by atoms with Gasteiger partial charge in [0.15, 0.2) is 0 Å². The second kappa shape index (κ2) is 7.15. The van der Waals surface area contributed by atoms with Crippen molar-refractivity contribution in [1.29, 1.82) is 0 Å². The molecule has 0 unspecified atom stereocenters. The number of carbonyl (C=O) groups excluding carboxylic acids is 1. The molecule has 8 heteroatoms. The zero-order valence-corrected chi connectivity index (χ0v) is 15.9. The van der Waals surface area contributed by atoms with E-state index >= 15 is 0 Å². The van der Waals surface area contributed by atoms with Crippen molar-refractivity contribution in [3.63, 3.8) is 0 Å². The molecule has 0 aliphatic carbocycles. The van der Waals surface area contributed by atoms with Crippen molar-refractivity contribution in [1.82, 2.24) is 20.2 Å². The Balaban J connectivity index is 1.32. The van der Waals surface area contributed by atoms with Crippen LogP contribution in [0.1, 0.15) is 35.2 Å². The third-order valence-electron chi connectivity index (χ3n) is 4.88. The molecular formula is C19H19ClN4O3. The molecule has 1 aliphatic heterocycles. The van der Waals surface area contributed by atoms with Crippen molar-refractivity contribution in [2.45, 2.75) is 32.6 Å². The highest BCUT2D eigenvalue weighted by Crippen LogP contribution is 2.29. The van der Waals surface area contributed by atoms with Crippen LogP contribution in [0.5, 0.6) is 0 Å². The summed E-state index contributed by atoms with van der Waals surface area (Å²) < 4.78 is 10.5. The van der Waals surface area contributed by atoms with E-state index in [1.54, 1.807) is 12.1 Å². The van der Waals surface area contributed by atoms with E-state index in [9.17, 15) is 4.79 Å². The molecular weight excluding hydrogens is 368 g/mol. The Hall–Kier alpha value is -2.67. The predicted octanol–water partition coefficient (Wildman–Crippen LogP) is 3.55. The van der Waals surface area contributed by atoms with E-state index in [2.05, 4.69) is 15.3 Å². The van der Waals surface area contributed by atoms with Gasteiger partial charge in [-0.05, 0) is 32.4 Å². The first-order chi connectivity index (χ1) is 13.0. The van der Waals surface area contributed by atoms with Crippen LogP contribution in [0, 0.1) is 13.8 Å². The third-order valence-corrected chi connectivity index (χ3v) is 5.11. The van der Waals surface area contributed by atoms with Crippen LogP contribution in [0.2, 0.25) is 5.02 Å². The average Bonchev–Trinajstić information content (AvgIpc) is 3.20. The van der Waals surface area contributed by atoms with Gasteiger partial charge in [0.1, 0.15) is 5.76 Å². The highest BCUT2D eigenvalue weighted by Gasteiger charge is 2.35. The van der Waals surface area contributed by atoms with E-state index < -0.39 is 0 Å². The fourth-order valence-corrected chi connectivity index (χ4v) is 3.42. The van der Waals surface area contributed by atoms with Crippen molar-refractivity contribution >= 4 is 17.5 Å². The number of rotatable bonds is 5. The summed E-state index contributed by atoms with van der Waals surface area (Å²) in [6.45, 7) is 4.95. The number of aryl methyl sites for hydroxylation is 2. The van der Waals surface area contributed by atoms with Gasteiger partial charge >= 0.3 is 0 Å². The molecule has 27 heavy (non-hydrogen) atoms. The molecule has 4 rings (SSSR count). The second-order valence-corrected chi connectivity index (χ2v) is 7.20. The summed E-state index contributed by atoms with van der Waals surface area (Å²) in [5.74, 6) is 2.03. The van der Waals surface area contributed by atoms with Crippen LogP contribution in [0.25, 0.3) is 11.4 Å². The monoisotopic (exact) mass is 386 g/mol. The van der Waals surface area contributed by atoms with Crippen molar-refractivity contribution in [2.24, 2.45) is 0 Å². The maximum atomic E-state index is 12.4. The summed E-state index contributed by atoms with van der Waals surface area (Å²) in [5.41, 5.74) is 2.67. The summed E-state index contributed by atoms with van der Waals surface area (Å²) in [5, 5.41) is 8.57. The van der Waals surface area contributed by atoms with Crippen LogP contribution in [0.4, 0.5) is 0 Å². The lowest BCUT2D eigenvalue weighted by Gasteiger charge is -2.37. The van der Waals surface area contributed by atoms with Gasteiger partial charge in [-0.3, -0.25) is 4.79 Å². The van der Waals surface area contributed by atoms with Crippen LogP contribution >= 0.6 is 11.6 Å². The van der Waals surface area contributed by atoms with E-state index in [4.69, 9.17) is 20.6 Å². The minimum atomic E-state index is 0.0773. The fraction of sp³-hybridized carbons (Fsp3) is 0.368. The van der Waals surface area contributed by atoms with Gasteiger partial charge in [0.05, 0.1) is 11.6 Å².